The molecule has 5 nitrogen and oxygen atoms in total. The van der Waals surface area contributed by atoms with Gasteiger partial charge in [-0.25, -0.2) is 8.42 Å². The number of ether oxygens (including phenoxy) is 1. The highest BCUT2D eigenvalue weighted by Gasteiger charge is 2.29. The molecule has 0 aromatic rings. The Labute approximate surface area is 91.1 Å². The van der Waals surface area contributed by atoms with Gasteiger partial charge in [-0.2, -0.15) is 0 Å². The molecule has 0 bridgehead atoms. The van der Waals surface area contributed by atoms with Crippen LogP contribution in [-0.4, -0.2) is 45.6 Å². The maximum Gasteiger partial charge on any atom is 0.306 e. The third kappa shape index (κ3) is 5.13. The first-order chi connectivity index (χ1) is 6.70. The number of hydrogen-bond donors (Lipinski definition) is 1. The third-order valence-electron chi connectivity index (χ3n) is 2.29. The maximum atomic E-state index is 11.3. The molecule has 0 heterocycles. The van der Waals surface area contributed by atoms with Gasteiger partial charge >= 0.3 is 5.97 Å². The summed E-state index contributed by atoms with van der Waals surface area (Å²) < 4.78 is 26.2. The van der Waals surface area contributed by atoms with Crippen LogP contribution in [0.1, 0.15) is 20.3 Å². The molecule has 0 aromatic heterocycles. The van der Waals surface area contributed by atoms with Crippen molar-refractivity contribution in [1.29, 1.82) is 0 Å². The summed E-state index contributed by atoms with van der Waals surface area (Å²) in [6, 6.07) is 0. The average molecular weight is 237 g/mol. The molecule has 6 heteroatoms. The van der Waals surface area contributed by atoms with Gasteiger partial charge in [0.25, 0.3) is 0 Å². The van der Waals surface area contributed by atoms with Crippen molar-refractivity contribution in [3.63, 3.8) is 0 Å². The molecule has 0 atom stereocenters. The van der Waals surface area contributed by atoms with Crippen molar-refractivity contribution < 1.29 is 17.9 Å². The Balaban J connectivity index is 3.92. The van der Waals surface area contributed by atoms with E-state index in [1.54, 1.807) is 13.8 Å². The SMILES string of the molecule is COC(=O)CCNCC(C)(C)S(C)(=O)=O. The second-order valence-corrected chi connectivity index (χ2v) is 6.68. The van der Waals surface area contributed by atoms with E-state index in [1.165, 1.54) is 13.4 Å². The Hall–Kier alpha value is -0.620. The van der Waals surface area contributed by atoms with E-state index in [4.69, 9.17) is 0 Å². The monoisotopic (exact) mass is 237 g/mol. The second-order valence-electron chi connectivity index (χ2n) is 4.03. The highest BCUT2D eigenvalue weighted by atomic mass is 32.2. The number of carbonyl (C=O) groups excluding carboxylic acids is 1. The largest absolute Gasteiger partial charge is 0.469 e. The summed E-state index contributed by atoms with van der Waals surface area (Å²) in [5.41, 5.74) is 0. The Bertz CT molecular complexity index is 308. The molecule has 90 valence electrons. The molecule has 0 rings (SSSR count). The fourth-order valence-electron chi connectivity index (χ4n) is 0.813. The zero-order chi connectivity index (χ0) is 12.1. The normalized spacial score (nSPS) is 12.5. The van der Waals surface area contributed by atoms with Gasteiger partial charge in [0, 0.05) is 19.3 Å². The molecular weight excluding hydrogens is 218 g/mol. The van der Waals surface area contributed by atoms with Gasteiger partial charge in [-0.15, -0.1) is 0 Å². The number of rotatable bonds is 6. The van der Waals surface area contributed by atoms with Crippen LogP contribution in [0, 0.1) is 0 Å². The molecule has 1 N–H and O–H groups in total. The fraction of sp³-hybridized carbons (Fsp3) is 0.889. The van der Waals surface area contributed by atoms with Gasteiger partial charge in [-0.1, -0.05) is 0 Å². The Morgan fingerprint density at radius 1 is 1.40 bits per heavy atom. The molecule has 0 aliphatic carbocycles. The van der Waals surface area contributed by atoms with Crippen molar-refractivity contribution in [3.8, 4) is 0 Å². The van der Waals surface area contributed by atoms with Gasteiger partial charge in [0.2, 0.25) is 0 Å². The van der Waals surface area contributed by atoms with Crippen molar-refractivity contribution >= 4 is 15.8 Å². The zero-order valence-corrected chi connectivity index (χ0v) is 10.5. The van der Waals surface area contributed by atoms with E-state index in [0.29, 0.717) is 13.1 Å². The molecule has 0 aromatic carbocycles. The highest BCUT2D eigenvalue weighted by molar-refractivity contribution is 7.92. The molecule has 15 heavy (non-hydrogen) atoms. The van der Waals surface area contributed by atoms with Crippen LogP contribution >= 0.6 is 0 Å². The maximum absolute atomic E-state index is 11.3. The minimum Gasteiger partial charge on any atom is -0.469 e. The number of esters is 1. The van der Waals surface area contributed by atoms with Crippen molar-refractivity contribution in [2.24, 2.45) is 0 Å². The first kappa shape index (κ1) is 14.4. The second kappa shape index (κ2) is 5.46. The van der Waals surface area contributed by atoms with E-state index < -0.39 is 14.6 Å². The van der Waals surface area contributed by atoms with E-state index in [1.807, 2.05) is 0 Å². The number of hydrogen-bond acceptors (Lipinski definition) is 5. The van der Waals surface area contributed by atoms with Crippen LogP contribution in [0.4, 0.5) is 0 Å². The zero-order valence-electron chi connectivity index (χ0n) is 9.66. The summed E-state index contributed by atoms with van der Waals surface area (Å²) in [6.07, 6.45) is 1.45. The quantitative estimate of drug-likeness (QED) is 0.518. The van der Waals surface area contributed by atoms with E-state index in [9.17, 15) is 13.2 Å². The van der Waals surface area contributed by atoms with Gasteiger partial charge in [0.15, 0.2) is 9.84 Å². The fourth-order valence-corrected chi connectivity index (χ4v) is 1.18. The minimum atomic E-state index is -3.09. The van der Waals surface area contributed by atoms with Gasteiger partial charge in [0.1, 0.15) is 0 Å². The molecule has 0 aliphatic heterocycles. The van der Waals surface area contributed by atoms with Crippen LogP contribution in [0.3, 0.4) is 0 Å². The van der Waals surface area contributed by atoms with Gasteiger partial charge in [0.05, 0.1) is 18.3 Å². The molecule has 0 radical (unpaired) electrons. The first-order valence-corrected chi connectivity index (χ1v) is 6.57. The lowest BCUT2D eigenvalue weighted by Crippen LogP contribution is -2.42. The summed E-state index contributed by atoms with van der Waals surface area (Å²) in [7, 11) is -1.77. The minimum absolute atomic E-state index is 0.246. The molecule has 0 spiro atoms. The third-order valence-corrected chi connectivity index (χ3v) is 4.44. The van der Waals surface area contributed by atoms with Gasteiger partial charge in [-0.3, -0.25) is 4.79 Å². The van der Waals surface area contributed by atoms with Crippen LogP contribution < -0.4 is 5.32 Å². The molecule has 0 amide bonds. The Morgan fingerprint density at radius 2 is 1.93 bits per heavy atom. The lowest BCUT2D eigenvalue weighted by Gasteiger charge is -2.22. The molecule has 0 fully saturated rings. The van der Waals surface area contributed by atoms with Crippen LogP contribution in [0.15, 0.2) is 0 Å². The Kier molecular flexibility index (Phi) is 5.23. The van der Waals surface area contributed by atoms with E-state index in [0.717, 1.165) is 0 Å². The highest BCUT2D eigenvalue weighted by Crippen LogP contribution is 2.13. The van der Waals surface area contributed by atoms with Crippen molar-refractivity contribution in [2.45, 2.75) is 25.0 Å². The van der Waals surface area contributed by atoms with E-state index in [2.05, 4.69) is 10.1 Å². The molecule has 0 saturated carbocycles. The summed E-state index contributed by atoms with van der Waals surface area (Å²) >= 11 is 0. The topological polar surface area (TPSA) is 72.5 Å². The van der Waals surface area contributed by atoms with E-state index >= 15 is 0 Å². The van der Waals surface area contributed by atoms with E-state index in [-0.39, 0.29) is 12.4 Å². The van der Waals surface area contributed by atoms with Crippen molar-refractivity contribution in [1.82, 2.24) is 5.32 Å². The molecule has 0 unspecified atom stereocenters. The van der Waals surface area contributed by atoms with Gasteiger partial charge < -0.3 is 10.1 Å². The summed E-state index contributed by atoms with van der Waals surface area (Å²) in [5.74, 6) is -0.306. The van der Waals surface area contributed by atoms with Crippen LogP contribution in [0.5, 0.6) is 0 Å². The smallest absolute Gasteiger partial charge is 0.306 e. The van der Waals surface area contributed by atoms with Crippen LogP contribution in [-0.2, 0) is 19.4 Å². The predicted octanol–water partition coefficient (Wildman–Crippen LogP) is -0.0377. The lowest BCUT2D eigenvalue weighted by atomic mass is 10.2. The summed E-state index contributed by atoms with van der Waals surface area (Å²) in [6.45, 7) is 4.04. The number of nitrogens with one attached hydrogen (secondary N) is 1. The molecule has 0 aliphatic rings. The van der Waals surface area contributed by atoms with Crippen LogP contribution in [0.25, 0.3) is 0 Å². The number of methoxy groups -OCH3 is 1. The average Bonchev–Trinajstić information content (AvgIpc) is 2.10. The van der Waals surface area contributed by atoms with Crippen molar-refractivity contribution in [2.75, 3.05) is 26.5 Å². The van der Waals surface area contributed by atoms with Crippen LogP contribution in [0.2, 0.25) is 0 Å². The number of sulfone groups is 1. The molecule has 0 saturated heterocycles. The number of carbonyl (C=O) groups is 1. The standard InChI is InChI=1S/C9H19NO4S/c1-9(2,15(4,12)13)7-10-6-5-8(11)14-3/h10H,5-7H2,1-4H3. The van der Waals surface area contributed by atoms with Gasteiger partial charge in [-0.05, 0) is 13.8 Å². The Morgan fingerprint density at radius 3 is 2.33 bits per heavy atom. The first-order valence-electron chi connectivity index (χ1n) is 4.68. The lowest BCUT2D eigenvalue weighted by molar-refractivity contribution is -0.140. The molecular formula is C9H19NO4S. The summed E-state index contributed by atoms with van der Waals surface area (Å²) in [4.78, 5) is 10.8. The summed E-state index contributed by atoms with van der Waals surface area (Å²) in [5, 5.41) is 2.92. The van der Waals surface area contributed by atoms with Crippen molar-refractivity contribution in [3.05, 3.63) is 0 Å². The predicted molar refractivity (Wildman–Crippen MR) is 58.4 cm³/mol.